The van der Waals surface area contributed by atoms with Crippen LogP contribution in [-0.4, -0.2) is 24.4 Å². The van der Waals surface area contributed by atoms with Crippen molar-refractivity contribution in [3.05, 3.63) is 87.4 Å². The Morgan fingerprint density at radius 2 is 1.75 bits per heavy atom. The van der Waals surface area contributed by atoms with Crippen LogP contribution in [-0.2, 0) is 0 Å². The lowest BCUT2D eigenvalue weighted by Crippen LogP contribution is -2.33. The minimum atomic E-state index is -0.419. The Bertz CT molecular complexity index is 1160. The number of hydrogen-bond donors (Lipinski definition) is 0. The molecule has 2 aliphatic heterocycles. The Kier molecular flexibility index (Phi) is 5.62. The summed E-state index contributed by atoms with van der Waals surface area (Å²) in [5.41, 5.74) is 3.92. The van der Waals surface area contributed by atoms with E-state index in [0.29, 0.717) is 28.8 Å². The Morgan fingerprint density at radius 1 is 1.03 bits per heavy atom. The molecule has 3 aromatic rings. The van der Waals surface area contributed by atoms with Gasteiger partial charge in [-0.2, -0.15) is 5.10 Å². The van der Waals surface area contributed by atoms with Gasteiger partial charge >= 0.3 is 0 Å². The van der Waals surface area contributed by atoms with Crippen LogP contribution in [0.5, 0.6) is 17.2 Å². The van der Waals surface area contributed by atoms with Crippen molar-refractivity contribution in [2.75, 3.05) is 13.7 Å². The summed E-state index contributed by atoms with van der Waals surface area (Å²) in [5, 5.41) is 8.06. The second-order valence-corrected chi connectivity index (χ2v) is 8.50. The van der Waals surface area contributed by atoms with Crippen molar-refractivity contribution in [1.82, 2.24) is 5.01 Å². The predicted molar refractivity (Wildman–Crippen MR) is 126 cm³/mol. The fourth-order valence-electron chi connectivity index (χ4n) is 4.19. The third-order valence-corrected chi connectivity index (χ3v) is 6.21. The van der Waals surface area contributed by atoms with E-state index in [-0.39, 0.29) is 6.04 Å². The number of rotatable bonds is 5. The van der Waals surface area contributed by atoms with Gasteiger partial charge in [0.1, 0.15) is 17.2 Å². The molecule has 0 fully saturated rings. The maximum atomic E-state index is 6.54. The highest BCUT2D eigenvalue weighted by molar-refractivity contribution is 6.35. The molecule has 3 aromatic carbocycles. The van der Waals surface area contributed by atoms with E-state index in [1.54, 1.807) is 13.2 Å². The number of benzene rings is 3. The Labute approximate surface area is 197 Å². The average molecular weight is 469 g/mol. The summed E-state index contributed by atoms with van der Waals surface area (Å²) in [7, 11) is 1.66. The fourth-order valence-corrected chi connectivity index (χ4v) is 4.74. The molecule has 2 heterocycles. The van der Waals surface area contributed by atoms with Crippen LogP contribution >= 0.6 is 23.2 Å². The molecule has 0 N–H and O–H groups in total. The van der Waals surface area contributed by atoms with Crippen LogP contribution in [0, 0.1) is 0 Å². The maximum absolute atomic E-state index is 6.54. The monoisotopic (exact) mass is 468 g/mol. The molecule has 0 aromatic heterocycles. The Morgan fingerprint density at radius 3 is 2.44 bits per heavy atom. The highest BCUT2D eigenvalue weighted by Gasteiger charge is 2.42. The SMILES string of the molecule is CCOc1ccc(C2Oc3c(Cl)cc(Cl)cc3C3CC(c4ccc(OC)cc4)=NN32)cc1. The quantitative estimate of drug-likeness (QED) is 0.420. The van der Waals surface area contributed by atoms with E-state index in [4.69, 9.17) is 42.5 Å². The van der Waals surface area contributed by atoms with Crippen LogP contribution in [0.15, 0.2) is 65.8 Å². The molecule has 0 spiro atoms. The molecule has 2 atom stereocenters. The lowest BCUT2D eigenvalue weighted by molar-refractivity contribution is -0.0189. The lowest BCUT2D eigenvalue weighted by atomic mass is 9.96. The summed E-state index contributed by atoms with van der Waals surface area (Å²) in [6, 6.07) is 19.4. The highest BCUT2D eigenvalue weighted by Crippen LogP contribution is 2.50. The second kappa shape index (κ2) is 8.57. The molecule has 0 saturated heterocycles. The predicted octanol–water partition coefficient (Wildman–Crippen LogP) is 6.64. The third kappa shape index (κ3) is 3.76. The van der Waals surface area contributed by atoms with Crippen LogP contribution in [0.3, 0.4) is 0 Å². The summed E-state index contributed by atoms with van der Waals surface area (Å²) in [5.74, 6) is 2.28. The van der Waals surface area contributed by atoms with Gasteiger partial charge in [-0.25, -0.2) is 5.01 Å². The first-order valence-corrected chi connectivity index (χ1v) is 11.2. The van der Waals surface area contributed by atoms with Crippen LogP contribution in [0.2, 0.25) is 10.0 Å². The van der Waals surface area contributed by atoms with Crippen molar-refractivity contribution in [1.29, 1.82) is 0 Å². The van der Waals surface area contributed by atoms with Gasteiger partial charge < -0.3 is 14.2 Å². The van der Waals surface area contributed by atoms with Gasteiger partial charge in [0.05, 0.1) is 30.5 Å². The highest BCUT2D eigenvalue weighted by atomic mass is 35.5. The van der Waals surface area contributed by atoms with Crippen molar-refractivity contribution in [3.63, 3.8) is 0 Å². The Balaban J connectivity index is 1.56. The smallest absolute Gasteiger partial charge is 0.213 e. The van der Waals surface area contributed by atoms with Crippen LogP contribution in [0.25, 0.3) is 0 Å². The first-order chi connectivity index (χ1) is 15.6. The molecule has 7 heteroatoms. The molecule has 0 bridgehead atoms. The number of hydrazone groups is 1. The molecule has 2 aliphatic rings. The molecule has 32 heavy (non-hydrogen) atoms. The van der Waals surface area contributed by atoms with Crippen molar-refractivity contribution >= 4 is 28.9 Å². The van der Waals surface area contributed by atoms with E-state index in [0.717, 1.165) is 33.9 Å². The van der Waals surface area contributed by atoms with Crippen molar-refractivity contribution in [2.45, 2.75) is 25.6 Å². The molecular formula is C25H22Cl2N2O3. The van der Waals surface area contributed by atoms with Gasteiger partial charge in [0, 0.05) is 22.6 Å². The number of halogens is 2. The van der Waals surface area contributed by atoms with Gasteiger partial charge in [-0.3, -0.25) is 0 Å². The van der Waals surface area contributed by atoms with Gasteiger partial charge in [-0.05, 0) is 73.2 Å². The first-order valence-electron chi connectivity index (χ1n) is 10.5. The van der Waals surface area contributed by atoms with Gasteiger partial charge in [-0.1, -0.05) is 23.2 Å². The van der Waals surface area contributed by atoms with Crippen LogP contribution in [0.4, 0.5) is 0 Å². The van der Waals surface area contributed by atoms with Gasteiger partial charge in [-0.15, -0.1) is 0 Å². The Hall–Kier alpha value is -2.89. The second-order valence-electron chi connectivity index (χ2n) is 7.65. The maximum Gasteiger partial charge on any atom is 0.213 e. The molecule has 2 unspecified atom stereocenters. The number of hydrogen-bond acceptors (Lipinski definition) is 5. The summed E-state index contributed by atoms with van der Waals surface area (Å²) in [6.45, 7) is 2.58. The largest absolute Gasteiger partial charge is 0.497 e. The lowest BCUT2D eigenvalue weighted by Gasteiger charge is -2.38. The summed E-state index contributed by atoms with van der Waals surface area (Å²) >= 11 is 12.9. The minimum absolute atomic E-state index is 0.0383. The number of fused-ring (bicyclic) bond motifs is 3. The first kappa shape index (κ1) is 21.0. The van der Waals surface area contributed by atoms with E-state index in [1.165, 1.54) is 0 Å². The molecule has 164 valence electrons. The van der Waals surface area contributed by atoms with E-state index < -0.39 is 6.23 Å². The number of nitrogens with zero attached hydrogens (tertiary/aromatic N) is 2. The third-order valence-electron chi connectivity index (χ3n) is 5.71. The van der Waals surface area contributed by atoms with E-state index in [2.05, 4.69) is 0 Å². The fraction of sp³-hybridized carbons (Fsp3) is 0.240. The average Bonchev–Trinajstić information content (AvgIpc) is 3.25. The normalized spacial score (nSPS) is 19.0. The number of methoxy groups -OCH3 is 1. The molecule has 0 radical (unpaired) electrons. The molecule has 0 aliphatic carbocycles. The van der Waals surface area contributed by atoms with Gasteiger partial charge in [0.15, 0.2) is 0 Å². The van der Waals surface area contributed by atoms with E-state index >= 15 is 0 Å². The van der Waals surface area contributed by atoms with E-state index in [1.807, 2.05) is 66.5 Å². The zero-order valence-electron chi connectivity index (χ0n) is 17.7. The zero-order chi connectivity index (χ0) is 22.2. The van der Waals surface area contributed by atoms with Crippen molar-refractivity contribution in [2.24, 2.45) is 5.10 Å². The molecular weight excluding hydrogens is 447 g/mol. The van der Waals surface area contributed by atoms with Crippen molar-refractivity contribution in [3.8, 4) is 17.2 Å². The van der Waals surface area contributed by atoms with Crippen molar-refractivity contribution < 1.29 is 14.2 Å². The molecule has 5 rings (SSSR count). The van der Waals surface area contributed by atoms with Crippen LogP contribution < -0.4 is 14.2 Å². The minimum Gasteiger partial charge on any atom is -0.497 e. The summed E-state index contributed by atoms with van der Waals surface area (Å²) < 4.78 is 17.3. The summed E-state index contributed by atoms with van der Waals surface area (Å²) in [4.78, 5) is 0. The van der Waals surface area contributed by atoms with E-state index in [9.17, 15) is 0 Å². The zero-order valence-corrected chi connectivity index (χ0v) is 19.2. The molecule has 0 saturated carbocycles. The van der Waals surface area contributed by atoms with Crippen LogP contribution in [0.1, 0.15) is 42.3 Å². The standard InChI is InChI=1S/C25H22Cl2N2O3/c1-3-31-19-10-6-16(7-11-19)25-29-23(20-12-17(26)13-21(27)24(20)32-25)14-22(28-29)15-4-8-18(30-2)9-5-15/h4-13,23,25H,3,14H2,1-2H3. The van der Waals surface area contributed by atoms with Gasteiger partial charge in [0.25, 0.3) is 0 Å². The summed E-state index contributed by atoms with van der Waals surface area (Å²) in [6.07, 6.45) is 0.296. The molecule has 5 nitrogen and oxygen atoms in total. The number of ether oxygens (including phenoxy) is 3. The molecule has 0 amide bonds. The topological polar surface area (TPSA) is 43.3 Å². The van der Waals surface area contributed by atoms with Gasteiger partial charge in [0.2, 0.25) is 6.23 Å².